The van der Waals surface area contributed by atoms with Crippen molar-refractivity contribution in [3.63, 3.8) is 0 Å². The number of rotatable bonds is 0. The number of thiophene rings is 1. The number of hydrogen-bond donors (Lipinski definition) is 0. The highest BCUT2D eigenvalue weighted by Crippen LogP contribution is 2.18. The second-order valence-electron chi connectivity index (χ2n) is 2.36. The summed E-state index contributed by atoms with van der Waals surface area (Å²) in [5.41, 5.74) is 2.35. The van der Waals surface area contributed by atoms with Crippen molar-refractivity contribution in [2.75, 3.05) is 0 Å². The van der Waals surface area contributed by atoms with Gasteiger partial charge < -0.3 is 4.57 Å². The van der Waals surface area contributed by atoms with Gasteiger partial charge in [0.1, 0.15) is 5.82 Å². The van der Waals surface area contributed by atoms with Crippen LogP contribution < -0.4 is 0 Å². The van der Waals surface area contributed by atoms with Crippen LogP contribution in [0.4, 0.5) is 0 Å². The number of imidazole rings is 1. The third-order valence-electron chi connectivity index (χ3n) is 1.75. The topological polar surface area (TPSA) is 17.8 Å². The van der Waals surface area contributed by atoms with Crippen LogP contribution in [0.1, 0.15) is 5.82 Å². The molecular formula is C7H8N2S. The standard InChI is InChI=1S/C7H8N2S/c1-5-8-6-3-10-4-7(6)9(5)2/h3-4H,1-2H3. The second kappa shape index (κ2) is 1.83. The monoisotopic (exact) mass is 152 g/mol. The molecule has 52 valence electrons. The maximum Gasteiger partial charge on any atom is 0.106 e. The summed E-state index contributed by atoms with van der Waals surface area (Å²) in [6.45, 7) is 2.02. The zero-order chi connectivity index (χ0) is 7.14. The van der Waals surface area contributed by atoms with Crippen LogP contribution >= 0.6 is 11.3 Å². The van der Waals surface area contributed by atoms with Gasteiger partial charge in [-0.2, -0.15) is 0 Å². The van der Waals surface area contributed by atoms with E-state index in [1.807, 2.05) is 14.0 Å². The third kappa shape index (κ3) is 0.609. The highest BCUT2D eigenvalue weighted by molar-refractivity contribution is 7.09. The molecule has 0 aliphatic rings. The first kappa shape index (κ1) is 5.92. The Morgan fingerprint density at radius 1 is 1.50 bits per heavy atom. The van der Waals surface area contributed by atoms with E-state index in [4.69, 9.17) is 0 Å². The van der Waals surface area contributed by atoms with Crippen LogP contribution in [0.5, 0.6) is 0 Å². The number of nitrogens with zero attached hydrogens (tertiary/aromatic N) is 2. The Labute approximate surface area is 63.1 Å². The van der Waals surface area contributed by atoms with E-state index in [2.05, 4.69) is 20.3 Å². The fourth-order valence-electron chi connectivity index (χ4n) is 1.04. The summed E-state index contributed by atoms with van der Waals surface area (Å²) in [5, 5.41) is 4.19. The predicted octanol–water partition coefficient (Wildman–Crippen LogP) is 1.94. The first-order valence-corrected chi connectivity index (χ1v) is 4.08. The maximum atomic E-state index is 4.35. The quantitative estimate of drug-likeness (QED) is 0.564. The van der Waals surface area contributed by atoms with E-state index in [0.29, 0.717) is 0 Å². The molecule has 0 atom stereocenters. The fraction of sp³-hybridized carbons (Fsp3) is 0.286. The van der Waals surface area contributed by atoms with Crippen LogP contribution in [0.2, 0.25) is 0 Å². The lowest BCUT2D eigenvalue weighted by atomic mass is 10.5. The minimum Gasteiger partial charge on any atom is -0.331 e. The van der Waals surface area contributed by atoms with Crippen molar-refractivity contribution in [1.29, 1.82) is 0 Å². The molecule has 2 rings (SSSR count). The van der Waals surface area contributed by atoms with Crippen molar-refractivity contribution in [1.82, 2.24) is 9.55 Å². The Balaban J connectivity index is 2.95. The molecule has 3 heteroatoms. The molecule has 10 heavy (non-hydrogen) atoms. The lowest BCUT2D eigenvalue weighted by molar-refractivity contribution is 0.886. The Morgan fingerprint density at radius 2 is 2.30 bits per heavy atom. The lowest BCUT2D eigenvalue weighted by Gasteiger charge is -1.91. The molecule has 0 radical (unpaired) electrons. The highest BCUT2D eigenvalue weighted by atomic mass is 32.1. The summed E-state index contributed by atoms with van der Waals surface area (Å²) in [6.07, 6.45) is 0. The van der Waals surface area contributed by atoms with Crippen molar-refractivity contribution in [3.8, 4) is 0 Å². The Morgan fingerprint density at radius 3 is 3.00 bits per heavy atom. The van der Waals surface area contributed by atoms with Crippen molar-refractivity contribution in [3.05, 3.63) is 16.6 Å². The molecule has 0 saturated heterocycles. The predicted molar refractivity (Wildman–Crippen MR) is 43.3 cm³/mol. The fourth-order valence-corrected chi connectivity index (χ4v) is 1.82. The average molecular weight is 152 g/mol. The first-order chi connectivity index (χ1) is 4.79. The molecule has 2 aromatic rings. The molecule has 2 aromatic heterocycles. The van der Waals surface area contributed by atoms with E-state index >= 15 is 0 Å². The van der Waals surface area contributed by atoms with E-state index < -0.39 is 0 Å². The Kier molecular flexibility index (Phi) is 1.08. The molecule has 0 fully saturated rings. The molecule has 2 nitrogen and oxygen atoms in total. The summed E-state index contributed by atoms with van der Waals surface area (Å²) in [5.74, 6) is 1.08. The Hall–Kier alpha value is -0.830. The molecule has 0 unspecified atom stereocenters. The van der Waals surface area contributed by atoms with Gasteiger partial charge in [0.2, 0.25) is 0 Å². The van der Waals surface area contributed by atoms with Gasteiger partial charge in [-0.1, -0.05) is 0 Å². The number of hydrogen-bond acceptors (Lipinski definition) is 2. The lowest BCUT2D eigenvalue weighted by Crippen LogP contribution is -1.88. The molecule has 0 saturated carbocycles. The molecule has 0 aliphatic carbocycles. The van der Waals surface area contributed by atoms with E-state index in [1.54, 1.807) is 11.3 Å². The average Bonchev–Trinajstić information content (AvgIpc) is 2.41. The normalized spacial score (nSPS) is 11.0. The van der Waals surface area contributed by atoms with Gasteiger partial charge in [0.05, 0.1) is 11.0 Å². The van der Waals surface area contributed by atoms with Gasteiger partial charge in [-0.05, 0) is 6.92 Å². The van der Waals surface area contributed by atoms with Gasteiger partial charge in [-0.3, -0.25) is 0 Å². The summed E-state index contributed by atoms with van der Waals surface area (Å²) in [7, 11) is 2.04. The summed E-state index contributed by atoms with van der Waals surface area (Å²) in [4.78, 5) is 4.35. The smallest absolute Gasteiger partial charge is 0.106 e. The minimum absolute atomic E-state index is 1.08. The third-order valence-corrected chi connectivity index (χ3v) is 2.47. The van der Waals surface area contributed by atoms with Crippen LogP contribution in [0.15, 0.2) is 10.8 Å². The Bertz CT molecular complexity index is 358. The van der Waals surface area contributed by atoms with Crippen molar-refractivity contribution >= 4 is 22.4 Å². The zero-order valence-corrected chi connectivity index (χ0v) is 6.77. The van der Waals surface area contributed by atoms with E-state index in [1.165, 1.54) is 5.52 Å². The van der Waals surface area contributed by atoms with E-state index in [-0.39, 0.29) is 0 Å². The number of fused-ring (bicyclic) bond motifs is 1. The van der Waals surface area contributed by atoms with Crippen LogP contribution in [0.25, 0.3) is 11.0 Å². The molecule has 0 aliphatic heterocycles. The van der Waals surface area contributed by atoms with Crippen molar-refractivity contribution < 1.29 is 0 Å². The molecule has 0 N–H and O–H groups in total. The van der Waals surface area contributed by atoms with Gasteiger partial charge in [-0.25, -0.2) is 4.98 Å². The van der Waals surface area contributed by atoms with Gasteiger partial charge in [0, 0.05) is 17.8 Å². The maximum absolute atomic E-state index is 4.35. The highest BCUT2D eigenvalue weighted by Gasteiger charge is 2.02. The summed E-state index contributed by atoms with van der Waals surface area (Å²) >= 11 is 1.70. The van der Waals surface area contributed by atoms with E-state index in [9.17, 15) is 0 Å². The molecule has 0 bridgehead atoms. The number of aryl methyl sites for hydroxylation is 2. The second-order valence-corrected chi connectivity index (χ2v) is 3.10. The molecule has 2 heterocycles. The SMILES string of the molecule is Cc1nc2cscc2n1C. The van der Waals surface area contributed by atoms with Gasteiger partial charge >= 0.3 is 0 Å². The van der Waals surface area contributed by atoms with Crippen LogP contribution in [0, 0.1) is 6.92 Å². The van der Waals surface area contributed by atoms with Crippen LogP contribution in [0.3, 0.4) is 0 Å². The molecule has 0 aromatic carbocycles. The van der Waals surface area contributed by atoms with E-state index in [0.717, 1.165) is 11.3 Å². The number of aromatic nitrogens is 2. The summed E-state index contributed by atoms with van der Waals surface area (Å²) < 4.78 is 2.10. The minimum atomic E-state index is 1.08. The zero-order valence-electron chi connectivity index (χ0n) is 5.96. The van der Waals surface area contributed by atoms with Crippen LogP contribution in [-0.2, 0) is 7.05 Å². The van der Waals surface area contributed by atoms with Gasteiger partial charge in [-0.15, -0.1) is 11.3 Å². The molecule has 0 spiro atoms. The van der Waals surface area contributed by atoms with Gasteiger partial charge in [0.25, 0.3) is 0 Å². The summed E-state index contributed by atoms with van der Waals surface area (Å²) in [6, 6.07) is 0. The first-order valence-electron chi connectivity index (χ1n) is 3.14. The van der Waals surface area contributed by atoms with Crippen molar-refractivity contribution in [2.45, 2.75) is 6.92 Å². The molecule has 0 amide bonds. The van der Waals surface area contributed by atoms with Gasteiger partial charge in [0.15, 0.2) is 0 Å². The largest absolute Gasteiger partial charge is 0.331 e. The van der Waals surface area contributed by atoms with Crippen molar-refractivity contribution in [2.24, 2.45) is 7.05 Å². The molecular weight excluding hydrogens is 144 g/mol. The van der Waals surface area contributed by atoms with Crippen LogP contribution in [-0.4, -0.2) is 9.55 Å².